The molecule has 0 aliphatic carbocycles. The summed E-state index contributed by atoms with van der Waals surface area (Å²) >= 11 is 0. The molecule has 0 saturated carbocycles. The van der Waals surface area contributed by atoms with Gasteiger partial charge in [0, 0.05) is 13.7 Å². The monoisotopic (exact) mass is 240 g/mol. The lowest BCUT2D eigenvalue weighted by Crippen LogP contribution is -2.22. The van der Waals surface area contributed by atoms with Crippen molar-refractivity contribution in [2.24, 2.45) is 0 Å². The summed E-state index contributed by atoms with van der Waals surface area (Å²) in [7, 11) is 3.73. The Balaban J connectivity index is 2.62. The van der Waals surface area contributed by atoms with Gasteiger partial charge >= 0.3 is 0 Å². The van der Waals surface area contributed by atoms with Gasteiger partial charge in [0.2, 0.25) is 0 Å². The molecule has 5 heteroatoms. The van der Waals surface area contributed by atoms with Gasteiger partial charge in [0.25, 0.3) is 0 Å². The van der Waals surface area contributed by atoms with E-state index in [-0.39, 0.29) is 0 Å². The van der Waals surface area contributed by atoms with Gasteiger partial charge in [0.05, 0.1) is 24.0 Å². The van der Waals surface area contributed by atoms with E-state index >= 15 is 0 Å². The Labute approximate surface area is 104 Å². The van der Waals surface area contributed by atoms with E-state index < -0.39 is 0 Å². The van der Waals surface area contributed by atoms with Crippen molar-refractivity contribution < 1.29 is 4.74 Å². The van der Waals surface area contributed by atoms with Crippen molar-refractivity contribution in [3.8, 4) is 0 Å². The number of hydrogen-bond donors (Lipinski definition) is 1. The maximum Gasteiger partial charge on any atom is 0.0756 e. The fourth-order valence-electron chi connectivity index (χ4n) is 1.88. The van der Waals surface area contributed by atoms with Gasteiger partial charge in [-0.3, -0.25) is 0 Å². The molecule has 0 fully saturated rings. The minimum absolute atomic E-state index is 0.293. The van der Waals surface area contributed by atoms with Crippen LogP contribution in [0.15, 0.2) is 6.20 Å². The molecule has 0 spiro atoms. The maximum atomic E-state index is 5.27. The molecule has 0 amide bonds. The molecular formula is C12H24N4O. The molecule has 98 valence electrons. The smallest absolute Gasteiger partial charge is 0.0756 e. The highest BCUT2D eigenvalue weighted by Gasteiger charge is 2.16. The Morgan fingerprint density at radius 2 is 2.24 bits per heavy atom. The van der Waals surface area contributed by atoms with E-state index in [4.69, 9.17) is 4.74 Å². The first-order valence-electron chi connectivity index (χ1n) is 6.31. The Kier molecular flexibility index (Phi) is 6.15. The topological polar surface area (TPSA) is 52.0 Å². The van der Waals surface area contributed by atoms with Crippen LogP contribution in [0.1, 0.15) is 44.8 Å². The van der Waals surface area contributed by atoms with Crippen molar-refractivity contribution in [3.05, 3.63) is 11.9 Å². The lowest BCUT2D eigenvalue weighted by molar-refractivity contribution is 0.106. The molecule has 1 N–H and O–H groups in total. The fourth-order valence-corrected chi connectivity index (χ4v) is 1.88. The average Bonchev–Trinajstić information content (AvgIpc) is 2.78. The van der Waals surface area contributed by atoms with E-state index in [1.807, 2.05) is 17.9 Å². The predicted molar refractivity (Wildman–Crippen MR) is 67.8 cm³/mol. The molecule has 0 saturated heterocycles. The first kappa shape index (κ1) is 14.1. The second-order valence-electron chi connectivity index (χ2n) is 4.35. The van der Waals surface area contributed by atoms with Gasteiger partial charge in [0.1, 0.15) is 0 Å². The lowest BCUT2D eigenvalue weighted by atomic mass is 10.1. The Morgan fingerprint density at radius 1 is 1.47 bits per heavy atom. The molecule has 1 heterocycles. The van der Waals surface area contributed by atoms with E-state index in [1.165, 1.54) is 0 Å². The van der Waals surface area contributed by atoms with Crippen molar-refractivity contribution >= 4 is 0 Å². The van der Waals surface area contributed by atoms with Crippen LogP contribution in [-0.4, -0.2) is 35.3 Å². The van der Waals surface area contributed by atoms with Gasteiger partial charge in [0.15, 0.2) is 0 Å². The van der Waals surface area contributed by atoms with Crippen LogP contribution in [0.5, 0.6) is 0 Å². The zero-order chi connectivity index (χ0) is 12.7. The van der Waals surface area contributed by atoms with Crippen molar-refractivity contribution in [3.63, 3.8) is 0 Å². The standard InChI is InChI=1S/C12H24N4O/c1-5-8-16-12(9-14-15-16)11(13-3)7-6-10(2)17-4/h9-11,13H,5-8H2,1-4H3. The average molecular weight is 240 g/mol. The quantitative estimate of drug-likeness (QED) is 0.752. The number of aryl methyl sites for hydroxylation is 1. The fraction of sp³-hybridized carbons (Fsp3) is 0.833. The van der Waals surface area contributed by atoms with Crippen molar-refractivity contribution in [1.82, 2.24) is 20.3 Å². The maximum absolute atomic E-state index is 5.27. The summed E-state index contributed by atoms with van der Waals surface area (Å²) in [6.07, 6.45) is 5.28. The van der Waals surface area contributed by atoms with Crippen molar-refractivity contribution in [1.29, 1.82) is 0 Å². The molecule has 1 aromatic heterocycles. The van der Waals surface area contributed by atoms with Crippen LogP contribution in [0.2, 0.25) is 0 Å². The molecule has 2 atom stereocenters. The molecule has 0 radical (unpaired) electrons. The number of nitrogens with one attached hydrogen (secondary N) is 1. The van der Waals surface area contributed by atoms with Gasteiger partial charge in [-0.15, -0.1) is 5.10 Å². The van der Waals surface area contributed by atoms with Crippen molar-refractivity contribution in [2.45, 2.75) is 51.8 Å². The third-order valence-corrected chi connectivity index (χ3v) is 3.05. The zero-order valence-electron chi connectivity index (χ0n) is 11.3. The Hall–Kier alpha value is -0.940. The molecule has 2 unspecified atom stereocenters. The molecule has 0 aromatic carbocycles. The van der Waals surface area contributed by atoms with Crippen LogP contribution in [0.25, 0.3) is 0 Å². The SMILES string of the molecule is CCCn1nncc1C(CCC(C)OC)NC. The number of rotatable bonds is 8. The highest BCUT2D eigenvalue weighted by atomic mass is 16.5. The predicted octanol–water partition coefficient (Wildman–Crippen LogP) is 1.76. The van der Waals surface area contributed by atoms with Crippen LogP contribution in [0, 0.1) is 0 Å². The molecule has 0 aliphatic rings. The summed E-state index contributed by atoms with van der Waals surface area (Å²) in [5.41, 5.74) is 1.16. The lowest BCUT2D eigenvalue weighted by Gasteiger charge is -2.18. The van der Waals surface area contributed by atoms with E-state index in [0.29, 0.717) is 12.1 Å². The number of methoxy groups -OCH3 is 1. The van der Waals surface area contributed by atoms with Gasteiger partial charge in [-0.2, -0.15) is 0 Å². The first-order chi connectivity index (χ1) is 8.22. The number of ether oxygens (including phenoxy) is 1. The van der Waals surface area contributed by atoms with Crippen LogP contribution in [0.4, 0.5) is 0 Å². The number of hydrogen-bond acceptors (Lipinski definition) is 4. The molecule has 0 aliphatic heterocycles. The third-order valence-electron chi connectivity index (χ3n) is 3.05. The summed E-state index contributed by atoms with van der Waals surface area (Å²) in [4.78, 5) is 0. The summed E-state index contributed by atoms with van der Waals surface area (Å²) in [6.45, 7) is 5.16. The molecule has 1 aromatic rings. The highest BCUT2D eigenvalue weighted by molar-refractivity contribution is 5.02. The van der Waals surface area contributed by atoms with Gasteiger partial charge in [-0.05, 0) is 33.2 Å². The molecule has 1 rings (SSSR count). The van der Waals surface area contributed by atoms with Gasteiger partial charge in [-0.1, -0.05) is 12.1 Å². The minimum atomic E-state index is 0.293. The highest BCUT2D eigenvalue weighted by Crippen LogP contribution is 2.18. The normalized spacial score (nSPS) is 14.8. The number of nitrogens with zero attached hydrogens (tertiary/aromatic N) is 3. The largest absolute Gasteiger partial charge is 0.382 e. The minimum Gasteiger partial charge on any atom is -0.382 e. The summed E-state index contributed by atoms with van der Waals surface area (Å²) < 4.78 is 7.26. The van der Waals surface area contributed by atoms with E-state index in [1.54, 1.807) is 7.11 Å². The van der Waals surface area contributed by atoms with Crippen LogP contribution < -0.4 is 5.32 Å². The Morgan fingerprint density at radius 3 is 2.82 bits per heavy atom. The van der Waals surface area contributed by atoms with Crippen LogP contribution in [-0.2, 0) is 11.3 Å². The second-order valence-corrected chi connectivity index (χ2v) is 4.35. The Bertz CT molecular complexity index is 313. The summed E-state index contributed by atoms with van der Waals surface area (Å²) in [6, 6.07) is 0.300. The third kappa shape index (κ3) is 4.09. The van der Waals surface area contributed by atoms with Crippen LogP contribution >= 0.6 is 0 Å². The molecule has 0 bridgehead atoms. The molecular weight excluding hydrogens is 216 g/mol. The number of aromatic nitrogens is 3. The van der Waals surface area contributed by atoms with Gasteiger partial charge < -0.3 is 10.1 Å². The van der Waals surface area contributed by atoms with Crippen LogP contribution in [0.3, 0.4) is 0 Å². The molecule has 5 nitrogen and oxygen atoms in total. The zero-order valence-corrected chi connectivity index (χ0v) is 11.3. The summed E-state index contributed by atoms with van der Waals surface area (Å²) in [5, 5.41) is 11.4. The van der Waals surface area contributed by atoms with Gasteiger partial charge in [-0.25, -0.2) is 4.68 Å². The second kappa shape index (κ2) is 7.40. The van der Waals surface area contributed by atoms with Crippen molar-refractivity contribution in [2.75, 3.05) is 14.2 Å². The molecule has 17 heavy (non-hydrogen) atoms. The summed E-state index contributed by atoms with van der Waals surface area (Å²) in [5.74, 6) is 0. The van der Waals surface area contributed by atoms with E-state index in [9.17, 15) is 0 Å². The van der Waals surface area contributed by atoms with E-state index in [0.717, 1.165) is 31.5 Å². The van der Waals surface area contributed by atoms with E-state index in [2.05, 4.69) is 29.5 Å². The first-order valence-corrected chi connectivity index (χ1v) is 6.31.